The van der Waals surface area contributed by atoms with Crippen LogP contribution >= 0.6 is 11.6 Å². The van der Waals surface area contributed by atoms with Crippen molar-refractivity contribution in [2.45, 2.75) is 45.1 Å². The van der Waals surface area contributed by atoms with Gasteiger partial charge in [0.2, 0.25) is 5.78 Å². The zero-order chi connectivity index (χ0) is 25.0. The van der Waals surface area contributed by atoms with Crippen LogP contribution in [-0.2, 0) is 16.0 Å². The maximum Gasteiger partial charge on any atom is 0.323 e. The number of halogens is 1. The lowest BCUT2D eigenvalue weighted by molar-refractivity contribution is -0.154. The summed E-state index contributed by atoms with van der Waals surface area (Å²) in [5, 5.41) is 5.99. The molecule has 2 aromatic carbocycles. The first-order chi connectivity index (χ1) is 16.8. The van der Waals surface area contributed by atoms with E-state index in [1.165, 1.54) is 6.92 Å². The van der Waals surface area contributed by atoms with Gasteiger partial charge in [-0.2, -0.15) is 0 Å². The number of urea groups is 1. The van der Waals surface area contributed by atoms with Crippen molar-refractivity contribution in [3.63, 3.8) is 0 Å². The van der Waals surface area contributed by atoms with Gasteiger partial charge in [0.25, 0.3) is 0 Å². The van der Waals surface area contributed by atoms with E-state index in [2.05, 4.69) is 15.6 Å². The predicted molar refractivity (Wildman–Crippen MR) is 136 cm³/mol. The number of benzene rings is 2. The van der Waals surface area contributed by atoms with Gasteiger partial charge in [-0.25, -0.2) is 4.79 Å². The van der Waals surface area contributed by atoms with Crippen LogP contribution in [0.25, 0.3) is 11.3 Å². The average Bonchev–Trinajstić information content (AvgIpc) is 2.81. The fraction of sp³-hybridized carbons (Fsp3) is 0.259. The number of nitrogens with zero attached hydrogens (tertiary/aromatic N) is 1. The lowest BCUT2D eigenvalue weighted by Gasteiger charge is -2.35. The number of hydrogen-bond donors (Lipinski definition) is 2. The molecule has 2 N–H and O–H groups in total. The second kappa shape index (κ2) is 10.3. The van der Waals surface area contributed by atoms with E-state index in [9.17, 15) is 14.4 Å². The summed E-state index contributed by atoms with van der Waals surface area (Å²) in [6.07, 6.45) is 3.92. The van der Waals surface area contributed by atoms with E-state index in [0.29, 0.717) is 46.9 Å². The highest BCUT2D eigenvalue weighted by Crippen LogP contribution is 2.37. The lowest BCUT2D eigenvalue weighted by Crippen LogP contribution is -2.46. The highest BCUT2D eigenvalue weighted by molar-refractivity contribution is 6.30. The third kappa shape index (κ3) is 5.52. The SMILES string of the molecule is CCCC1(OC(C)=O)CCc2cc(-c3ccc(NC(=O)Nc4cccc(Cl)c4)cn3)ccc2C1=O. The third-order valence-electron chi connectivity index (χ3n) is 5.95. The molecule has 7 nitrogen and oxygen atoms in total. The number of rotatable bonds is 6. The lowest BCUT2D eigenvalue weighted by atomic mass is 9.76. The summed E-state index contributed by atoms with van der Waals surface area (Å²) in [7, 11) is 0. The van der Waals surface area contributed by atoms with Crippen LogP contribution in [0.15, 0.2) is 60.8 Å². The Labute approximate surface area is 208 Å². The van der Waals surface area contributed by atoms with Crippen LogP contribution in [0.3, 0.4) is 0 Å². The van der Waals surface area contributed by atoms with E-state index in [1.807, 2.05) is 25.1 Å². The quantitative estimate of drug-likeness (QED) is 0.395. The maximum absolute atomic E-state index is 13.3. The Balaban J connectivity index is 1.47. The third-order valence-corrected chi connectivity index (χ3v) is 6.19. The normalized spacial score (nSPS) is 16.8. The number of amides is 2. The van der Waals surface area contributed by atoms with E-state index >= 15 is 0 Å². The molecule has 0 fully saturated rings. The summed E-state index contributed by atoms with van der Waals surface area (Å²) in [4.78, 5) is 41.7. The Morgan fingerprint density at radius 3 is 2.57 bits per heavy atom. The molecule has 8 heteroatoms. The van der Waals surface area contributed by atoms with Crippen LogP contribution in [0.1, 0.15) is 49.0 Å². The summed E-state index contributed by atoms with van der Waals surface area (Å²) >= 11 is 5.94. The summed E-state index contributed by atoms with van der Waals surface area (Å²) in [6, 6.07) is 15.6. The molecular weight excluding hydrogens is 466 g/mol. The van der Waals surface area contributed by atoms with Gasteiger partial charge in [-0.05, 0) is 61.2 Å². The molecule has 0 radical (unpaired) electrons. The number of carbonyl (C=O) groups is 3. The first-order valence-corrected chi connectivity index (χ1v) is 11.8. The Morgan fingerprint density at radius 1 is 1.09 bits per heavy atom. The Hall–Kier alpha value is -3.71. The van der Waals surface area contributed by atoms with Gasteiger partial charge in [-0.1, -0.05) is 43.1 Å². The fourth-order valence-corrected chi connectivity index (χ4v) is 4.63. The van der Waals surface area contributed by atoms with Gasteiger partial charge in [-0.3, -0.25) is 14.6 Å². The molecular formula is C27H26ClN3O4. The van der Waals surface area contributed by atoms with Crippen LogP contribution in [-0.4, -0.2) is 28.4 Å². The number of aryl methyl sites for hydroxylation is 1. The molecule has 0 saturated carbocycles. The zero-order valence-electron chi connectivity index (χ0n) is 19.6. The molecule has 2 amide bonds. The molecule has 1 heterocycles. The molecule has 0 aliphatic heterocycles. The highest BCUT2D eigenvalue weighted by atomic mass is 35.5. The second-order valence-electron chi connectivity index (χ2n) is 8.56. The molecule has 4 rings (SSSR count). The minimum atomic E-state index is -1.08. The molecule has 1 atom stereocenters. The molecule has 180 valence electrons. The Bertz CT molecular complexity index is 1280. The molecule has 0 spiro atoms. The number of hydrogen-bond acceptors (Lipinski definition) is 5. The minimum absolute atomic E-state index is 0.138. The molecule has 0 bridgehead atoms. The average molecular weight is 492 g/mol. The van der Waals surface area contributed by atoms with Crippen LogP contribution in [0.4, 0.5) is 16.2 Å². The molecule has 0 saturated heterocycles. The van der Waals surface area contributed by atoms with Crippen LogP contribution in [0.2, 0.25) is 5.02 Å². The van der Waals surface area contributed by atoms with Crippen molar-refractivity contribution < 1.29 is 19.1 Å². The van der Waals surface area contributed by atoms with Gasteiger partial charge < -0.3 is 15.4 Å². The number of anilines is 2. The van der Waals surface area contributed by atoms with E-state index in [1.54, 1.807) is 42.6 Å². The van der Waals surface area contributed by atoms with Gasteiger partial charge in [0.15, 0.2) is 5.60 Å². The fourth-order valence-electron chi connectivity index (χ4n) is 4.44. The molecule has 1 aliphatic rings. The van der Waals surface area contributed by atoms with Gasteiger partial charge in [0.1, 0.15) is 0 Å². The number of ether oxygens (including phenoxy) is 1. The van der Waals surface area contributed by atoms with Crippen molar-refractivity contribution in [1.29, 1.82) is 0 Å². The highest BCUT2D eigenvalue weighted by Gasteiger charge is 2.44. The minimum Gasteiger partial charge on any atom is -0.451 e. The second-order valence-corrected chi connectivity index (χ2v) is 9.00. The number of aromatic nitrogens is 1. The smallest absolute Gasteiger partial charge is 0.323 e. The van der Waals surface area contributed by atoms with Gasteiger partial charge >= 0.3 is 12.0 Å². The Kier molecular flexibility index (Phi) is 7.17. The number of esters is 1. The predicted octanol–water partition coefficient (Wildman–Crippen LogP) is 6.28. The number of ketones is 1. The first kappa shape index (κ1) is 24.4. The van der Waals surface area contributed by atoms with Crippen molar-refractivity contribution in [3.05, 3.63) is 76.9 Å². The number of Topliss-reactive ketones (excluding diaryl/α,β-unsaturated/α-hetero) is 1. The van der Waals surface area contributed by atoms with Crippen molar-refractivity contribution in [3.8, 4) is 11.3 Å². The molecule has 1 aromatic heterocycles. The molecule has 1 unspecified atom stereocenters. The van der Waals surface area contributed by atoms with Gasteiger partial charge in [-0.15, -0.1) is 0 Å². The molecule has 3 aromatic rings. The topological polar surface area (TPSA) is 97.4 Å². The van der Waals surface area contributed by atoms with Crippen LogP contribution < -0.4 is 10.6 Å². The van der Waals surface area contributed by atoms with Crippen LogP contribution in [0, 0.1) is 0 Å². The summed E-state index contributed by atoms with van der Waals surface area (Å²) < 4.78 is 5.54. The summed E-state index contributed by atoms with van der Waals surface area (Å²) in [6.45, 7) is 3.32. The van der Waals surface area contributed by atoms with Gasteiger partial charge in [0, 0.05) is 28.8 Å². The zero-order valence-corrected chi connectivity index (χ0v) is 20.3. The Morgan fingerprint density at radius 2 is 1.89 bits per heavy atom. The van der Waals surface area contributed by atoms with Crippen molar-refractivity contribution in [2.24, 2.45) is 0 Å². The molecule has 1 aliphatic carbocycles. The summed E-state index contributed by atoms with van der Waals surface area (Å²) in [5.41, 5.74) is 3.12. The summed E-state index contributed by atoms with van der Waals surface area (Å²) in [5.74, 6) is -0.577. The van der Waals surface area contributed by atoms with Crippen molar-refractivity contribution in [2.75, 3.05) is 10.6 Å². The van der Waals surface area contributed by atoms with E-state index in [0.717, 1.165) is 17.5 Å². The monoisotopic (exact) mass is 491 g/mol. The van der Waals surface area contributed by atoms with E-state index in [4.69, 9.17) is 16.3 Å². The molecule has 35 heavy (non-hydrogen) atoms. The largest absolute Gasteiger partial charge is 0.451 e. The first-order valence-electron chi connectivity index (χ1n) is 11.5. The number of pyridine rings is 1. The van der Waals surface area contributed by atoms with Crippen molar-refractivity contribution >= 4 is 40.8 Å². The van der Waals surface area contributed by atoms with Crippen molar-refractivity contribution in [1.82, 2.24) is 4.98 Å². The number of carbonyl (C=O) groups excluding carboxylic acids is 3. The van der Waals surface area contributed by atoms with Crippen LogP contribution in [0.5, 0.6) is 0 Å². The van der Waals surface area contributed by atoms with E-state index in [-0.39, 0.29) is 5.78 Å². The van der Waals surface area contributed by atoms with Gasteiger partial charge in [0.05, 0.1) is 17.6 Å². The maximum atomic E-state index is 13.3. The number of nitrogens with one attached hydrogen (secondary N) is 2. The number of fused-ring (bicyclic) bond motifs is 1. The standard InChI is InChI=1S/C27H26ClN3O4/c1-3-12-27(35-17(2)32)13-11-18-14-19(7-9-23(18)25(27)33)24-10-8-22(16-29-24)31-26(34)30-21-6-4-5-20(28)15-21/h4-10,14-16H,3,11-13H2,1-2H3,(H2,30,31,34). The van der Waals surface area contributed by atoms with E-state index < -0.39 is 17.6 Å².